The summed E-state index contributed by atoms with van der Waals surface area (Å²) in [5, 5.41) is 6.30. The molecule has 7 aromatic rings. The van der Waals surface area contributed by atoms with Gasteiger partial charge in [0.05, 0.1) is 5.69 Å². The summed E-state index contributed by atoms with van der Waals surface area (Å²) in [5.74, 6) is 0. The van der Waals surface area contributed by atoms with Gasteiger partial charge in [0, 0.05) is 60.1 Å². The van der Waals surface area contributed by atoms with Crippen LogP contribution in [0.25, 0.3) is 42.4 Å². The summed E-state index contributed by atoms with van der Waals surface area (Å²) in [6.07, 6.45) is 6.59. The van der Waals surface area contributed by atoms with Crippen LogP contribution < -0.4 is 10.2 Å². The molecule has 1 N–H and O–H groups in total. The lowest BCUT2D eigenvalue weighted by Crippen LogP contribution is -2.11. The zero-order valence-electron chi connectivity index (χ0n) is 24.7. The first kappa shape index (κ1) is 26.9. The number of rotatable bonds is 5. The Balaban J connectivity index is 1.31. The average Bonchev–Trinajstić information content (AvgIpc) is 3.47. The maximum atomic E-state index is 4.53. The van der Waals surface area contributed by atoms with Crippen molar-refractivity contribution in [2.24, 2.45) is 0 Å². The molecular formula is C42H30N2S. The van der Waals surface area contributed by atoms with Crippen LogP contribution in [0.3, 0.4) is 0 Å². The molecule has 1 aliphatic heterocycles. The fourth-order valence-corrected chi connectivity index (χ4v) is 7.42. The van der Waals surface area contributed by atoms with E-state index in [0.29, 0.717) is 0 Å². The Morgan fingerprint density at radius 1 is 0.600 bits per heavy atom. The van der Waals surface area contributed by atoms with Crippen LogP contribution in [0.1, 0.15) is 11.1 Å². The lowest BCUT2D eigenvalue weighted by atomic mass is 9.93. The first-order chi connectivity index (χ1) is 22.2. The standard InChI is InChI=1S/C42H30N2S/c1-29-27-31(25-26-44(33-15-6-3-7-16-33)40-21-10-8-17-34(29)40)30-23-24-39(43-32-13-4-2-5-14-32)38(28-30)37-20-12-19-36-35-18-9-11-22-41(35)45-42(36)37/h2-28,43H,1H2/b26-25-,31-27+. The van der Waals surface area contributed by atoms with Crippen molar-refractivity contribution in [3.05, 3.63) is 182 Å². The van der Waals surface area contributed by atoms with E-state index in [0.717, 1.165) is 50.6 Å². The highest BCUT2D eigenvalue weighted by molar-refractivity contribution is 7.26. The van der Waals surface area contributed by atoms with E-state index in [1.807, 2.05) is 17.4 Å². The SMILES string of the molecule is C=C1/C=C(c2ccc(Nc3ccccc3)c(-c3cccc4c3sc3ccccc34)c2)\C=C/N(c2ccccc2)c2ccccc21. The molecule has 0 bridgehead atoms. The highest BCUT2D eigenvalue weighted by atomic mass is 32.1. The lowest BCUT2D eigenvalue weighted by molar-refractivity contribution is 1.27. The number of nitrogens with zero attached hydrogens (tertiary/aromatic N) is 1. The molecule has 214 valence electrons. The van der Waals surface area contributed by atoms with Crippen LogP contribution in [0.4, 0.5) is 22.7 Å². The minimum atomic E-state index is 0.977. The predicted octanol–water partition coefficient (Wildman–Crippen LogP) is 12.2. The molecule has 0 spiro atoms. The van der Waals surface area contributed by atoms with E-state index in [1.165, 1.54) is 25.7 Å². The number of para-hydroxylation sites is 3. The normalized spacial score (nSPS) is 14.8. The Hall–Kier alpha value is -5.64. The molecular weight excluding hydrogens is 565 g/mol. The Morgan fingerprint density at radius 3 is 2.18 bits per heavy atom. The van der Waals surface area contributed by atoms with Gasteiger partial charge in [-0.25, -0.2) is 0 Å². The number of nitrogens with one attached hydrogen (secondary N) is 1. The van der Waals surface area contributed by atoms with Crippen LogP contribution in [0.15, 0.2) is 171 Å². The summed E-state index contributed by atoms with van der Waals surface area (Å²) in [5.41, 5.74) is 11.1. The van der Waals surface area contributed by atoms with Gasteiger partial charge in [-0.05, 0) is 77.4 Å². The van der Waals surface area contributed by atoms with E-state index in [1.54, 1.807) is 0 Å². The van der Waals surface area contributed by atoms with Gasteiger partial charge in [0.1, 0.15) is 0 Å². The van der Waals surface area contributed by atoms with Crippen LogP contribution >= 0.6 is 11.3 Å². The van der Waals surface area contributed by atoms with Gasteiger partial charge in [-0.2, -0.15) is 0 Å². The first-order valence-electron chi connectivity index (χ1n) is 15.1. The molecule has 8 rings (SSSR count). The van der Waals surface area contributed by atoms with Crippen molar-refractivity contribution in [3.8, 4) is 11.1 Å². The minimum Gasteiger partial charge on any atom is -0.355 e. The fraction of sp³-hybridized carbons (Fsp3) is 0. The molecule has 0 amide bonds. The van der Waals surface area contributed by atoms with Gasteiger partial charge in [-0.1, -0.05) is 104 Å². The molecule has 2 nitrogen and oxygen atoms in total. The molecule has 0 aliphatic carbocycles. The summed E-state index contributed by atoms with van der Waals surface area (Å²) in [6.45, 7) is 4.53. The molecule has 1 aromatic heterocycles. The quantitative estimate of drug-likeness (QED) is 0.213. The van der Waals surface area contributed by atoms with E-state index in [9.17, 15) is 0 Å². The molecule has 0 radical (unpaired) electrons. The second-order valence-corrected chi connectivity index (χ2v) is 12.2. The van der Waals surface area contributed by atoms with Gasteiger partial charge >= 0.3 is 0 Å². The van der Waals surface area contributed by atoms with E-state index >= 15 is 0 Å². The van der Waals surface area contributed by atoms with Crippen LogP contribution in [-0.2, 0) is 0 Å². The Morgan fingerprint density at radius 2 is 1.31 bits per heavy atom. The predicted molar refractivity (Wildman–Crippen MR) is 196 cm³/mol. The summed E-state index contributed by atoms with van der Waals surface area (Å²) in [6, 6.07) is 51.5. The smallest absolute Gasteiger partial charge is 0.0533 e. The van der Waals surface area contributed by atoms with Crippen molar-refractivity contribution in [1.29, 1.82) is 0 Å². The molecule has 0 saturated carbocycles. The third-order valence-electron chi connectivity index (χ3n) is 8.38. The Labute approximate surface area is 267 Å². The molecule has 3 heteroatoms. The van der Waals surface area contributed by atoms with E-state index < -0.39 is 0 Å². The highest BCUT2D eigenvalue weighted by Crippen LogP contribution is 2.44. The number of thiophene rings is 1. The van der Waals surface area contributed by atoms with Crippen LogP contribution in [0.2, 0.25) is 0 Å². The first-order valence-corrected chi connectivity index (χ1v) is 15.9. The molecule has 45 heavy (non-hydrogen) atoms. The number of allylic oxidation sites excluding steroid dienone is 4. The van der Waals surface area contributed by atoms with E-state index in [-0.39, 0.29) is 0 Å². The Kier molecular flexibility index (Phi) is 6.86. The second kappa shape index (κ2) is 11.5. The maximum absolute atomic E-state index is 4.53. The lowest BCUT2D eigenvalue weighted by Gasteiger charge is -2.26. The van der Waals surface area contributed by atoms with E-state index in [4.69, 9.17) is 0 Å². The third kappa shape index (κ3) is 5.04. The van der Waals surface area contributed by atoms with Crippen LogP contribution in [0, 0.1) is 0 Å². The minimum absolute atomic E-state index is 0.977. The van der Waals surface area contributed by atoms with Gasteiger partial charge in [0.15, 0.2) is 0 Å². The van der Waals surface area contributed by atoms with Crippen molar-refractivity contribution in [2.75, 3.05) is 10.2 Å². The van der Waals surface area contributed by atoms with Crippen molar-refractivity contribution in [2.45, 2.75) is 0 Å². The van der Waals surface area contributed by atoms with Gasteiger partial charge < -0.3 is 10.2 Å². The van der Waals surface area contributed by atoms with Crippen LogP contribution in [-0.4, -0.2) is 0 Å². The van der Waals surface area contributed by atoms with Crippen molar-refractivity contribution < 1.29 is 0 Å². The number of hydrogen-bond donors (Lipinski definition) is 1. The maximum Gasteiger partial charge on any atom is 0.0533 e. The van der Waals surface area contributed by atoms with Gasteiger partial charge in [0.25, 0.3) is 0 Å². The Bertz CT molecular complexity index is 2260. The highest BCUT2D eigenvalue weighted by Gasteiger charge is 2.18. The molecule has 2 heterocycles. The summed E-state index contributed by atoms with van der Waals surface area (Å²) >= 11 is 1.86. The second-order valence-electron chi connectivity index (χ2n) is 11.2. The monoisotopic (exact) mass is 594 g/mol. The van der Waals surface area contributed by atoms with Crippen molar-refractivity contribution >= 4 is 65.4 Å². The van der Waals surface area contributed by atoms with Gasteiger partial charge in [0.2, 0.25) is 0 Å². The average molecular weight is 595 g/mol. The topological polar surface area (TPSA) is 15.3 Å². The van der Waals surface area contributed by atoms with Crippen molar-refractivity contribution in [1.82, 2.24) is 0 Å². The zero-order valence-corrected chi connectivity index (χ0v) is 25.5. The largest absolute Gasteiger partial charge is 0.355 e. The molecule has 6 aromatic carbocycles. The third-order valence-corrected chi connectivity index (χ3v) is 9.60. The summed E-state index contributed by atoms with van der Waals surface area (Å²) in [7, 11) is 0. The zero-order chi connectivity index (χ0) is 30.2. The number of fused-ring (bicyclic) bond motifs is 4. The molecule has 0 unspecified atom stereocenters. The molecule has 0 fully saturated rings. The van der Waals surface area contributed by atoms with Gasteiger partial charge in [-0.3, -0.25) is 0 Å². The van der Waals surface area contributed by atoms with Crippen molar-refractivity contribution in [3.63, 3.8) is 0 Å². The number of anilines is 4. The van der Waals surface area contributed by atoms with Gasteiger partial charge in [-0.15, -0.1) is 11.3 Å². The number of hydrogen-bond acceptors (Lipinski definition) is 3. The summed E-state index contributed by atoms with van der Waals surface area (Å²) in [4.78, 5) is 2.25. The van der Waals surface area contributed by atoms with Crippen LogP contribution in [0.5, 0.6) is 0 Å². The molecule has 0 atom stereocenters. The number of benzene rings is 6. The summed E-state index contributed by atoms with van der Waals surface area (Å²) < 4.78 is 2.60. The molecule has 0 saturated heterocycles. The molecule has 1 aliphatic rings. The fourth-order valence-electron chi connectivity index (χ4n) is 6.19. The van der Waals surface area contributed by atoms with E-state index in [2.05, 4.69) is 175 Å².